The Kier molecular flexibility index (Phi) is 4.94. The standard InChI is InChI=1S/C18H21N3O/c1-5-7-19-15-6-8-20-16(11-15)18(22)21-17-13(3)9-12(2)10-14(17)4/h5-6,8-11H,1,7H2,2-4H3,(H,19,20)(H,21,22). The topological polar surface area (TPSA) is 54.0 Å². The minimum Gasteiger partial charge on any atom is -0.381 e. The van der Waals surface area contributed by atoms with Crippen LogP contribution in [0.25, 0.3) is 0 Å². The van der Waals surface area contributed by atoms with Gasteiger partial charge >= 0.3 is 0 Å². The summed E-state index contributed by atoms with van der Waals surface area (Å²) < 4.78 is 0. The molecule has 0 spiro atoms. The number of rotatable bonds is 5. The summed E-state index contributed by atoms with van der Waals surface area (Å²) >= 11 is 0. The van der Waals surface area contributed by atoms with Crippen molar-refractivity contribution in [3.63, 3.8) is 0 Å². The first-order valence-electron chi connectivity index (χ1n) is 7.21. The lowest BCUT2D eigenvalue weighted by Crippen LogP contribution is -2.15. The quantitative estimate of drug-likeness (QED) is 0.824. The van der Waals surface area contributed by atoms with Gasteiger partial charge in [0, 0.05) is 24.1 Å². The van der Waals surface area contributed by atoms with Crippen LogP contribution < -0.4 is 10.6 Å². The number of aromatic nitrogens is 1. The van der Waals surface area contributed by atoms with Gasteiger partial charge in [-0.15, -0.1) is 6.58 Å². The van der Waals surface area contributed by atoms with Gasteiger partial charge in [0.2, 0.25) is 0 Å². The van der Waals surface area contributed by atoms with Crippen LogP contribution in [0.2, 0.25) is 0 Å². The van der Waals surface area contributed by atoms with Crippen LogP contribution >= 0.6 is 0 Å². The van der Waals surface area contributed by atoms with E-state index in [0.29, 0.717) is 12.2 Å². The van der Waals surface area contributed by atoms with Crippen molar-refractivity contribution in [3.8, 4) is 0 Å². The molecule has 2 rings (SSSR count). The molecule has 0 saturated heterocycles. The third kappa shape index (κ3) is 3.73. The van der Waals surface area contributed by atoms with Gasteiger partial charge in [0.15, 0.2) is 0 Å². The van der Waals surface area contributed by atoms with Crippen molar-refractivity contribution in [2.75, 3.05) is 17.2 Å². The summed E-state index contributed by atoms with van der Waals surface area (Å²) in [5.41, 5.74) is 5.35. The first-order valence-corrected chi connectivity index (χ1v) is 7.21. The lowest BCUT2D eigenvalue weighted by Gasteiger charge is -2.13. The Labute approximate surface area is 131 Å². The van der Waals surface area contributed by atoms with Crippen molar-refractivity contribution < 1.29 is 4.79 Å². The molecule has 22 heavy (non-hydrogen) atoms. The second kappa shape index (κ2) is 6.89. The van der Waals surface area contributed by atoms with Gasteiger partial charge in [-0.3, -0.25) is 9.78 Å². The van der Waals surface area contributed by atoms with Crippen LogP contribution in [0.4, 0.5) is 11.4 Å². The number of carbonyl (C=O) groups is 1. The molecule has 0 unspecified atom stereocenters. The Bertz CT molecular complexity index is 684. The third-order valence-electron chi connectivity index (χ3n) is 3.36. The SMILES string of the molecule is C=CCNc1ccnc(C(=O)Nc2c(C)cc(C)cc2C)c1. The van der Waals surface area contributed by atoms with E-state index in [2.05, 4.69) is 34.3 Å². The Morgan fingerprint density at radius 3 is 2.55 bits per heavy atom. The van der Waals surface area contributed by atoms with Crippen molar-refractivity contribution >= 4 is 17.3 Å². The van der Waals surface area contributed by atoms with Gasteiger partial charge in [0.25, 0.3) is 5.91 Å². The summed E-state index contributed by atoms with van der Waals surface area (Å²) in [4.78, 5) is 16.6. The van der Waals surface area contributed by atoms with E-state index < -0.39 is 0 Å². The summed E-state index contributed by atoms with van der Waals surface area (Å²) in [5.74, 6) is -0.211. The number of nitrogens with one attached hydrogen (secondary N) is 2. The number of hydrogen-bond donors (Lipinski definition) is 2. The number of nitrogens with zero attached hydrogens (tertiary/aromatic N) is 1. The van der Waals surface area contributed by atoms with Gasteiger partial charge in [0.05, 0.1) is 0 Å². The van der Waals surface area contributed by atoms with Gasteiger partial charge in [0.1, 0.15) is 5.69 Å². The van der Waals surface area contributed by atoms with Crippen molar-refractivity contribution in [1.82, 2.24) is 4.98 Å². The predicted octanol–water partition coefficient (Wildman–Crippen LogP) is 3.86. The molecule has 0 aliphatic heterocycles. The van der Waals surface area contributed by atoms with Crippen LogP contribution in [0.3, 0.4) is 0 Å². The van der Waals surface area contributed by atoms with Crippen LogP contribution in [0.5, 0.6) is 0 Å². The minimum atomic E-state index is -0.211. The highest BCUT2D eigenvalue weighted by Crippen LogP contribution is 2.22. The normalized spacial score (nSPS) is 10.1. The van der Waals surface area contributed by atoms with E-state index in [1.165, 1.54) is 5.56 Å². The maximum atomic E-state index is 12.4. The van der Waals surface area contributed by atoms with Crippen molar-refractivity contribution in [3.05, 3.63) is 65.5 Å². The first-order chi connectivity index (χ1) is 10.5. The second-order valence-electron chi connectivity index (χ2n) is 5.33. The molecular formula is C18H21N3O. The molecule has 0 atom stereocenters. The number of amides is 1. The number of anilines is 2. The monoisotopic (exact) mass is 295 g/mol. The van der Waals surface area contributed by atoms with Crippen LogP contribution in [-0.4, -0.2) is 17.4 Å². The summed E-state index contributed by atoms with van der Waals surface area (Å²) in [6.45, 7) is 10.3. The molecule has 0 bridgehead atoms. The maximum absolute atomic E-state index is 12.4. The van der Waals surface area contributed by atoms with Crippen LogP contribution in [0, 0.1) is 20.8 Å². The van der Waals surface area contributed by atoms with Gasteiger partial charge in [-0.2, -0.15) is 0 Å². The van der Waals surface area contributed by atoms with E-state index in [-0.39, 0.29) is 5.91 Å². The number of hydrogen-bond acceptors (Lipinski definition) is 3. The van der Waals surface area contributed by atoms with Crippen molar-refractivity contribution in [2.24, 2.45) is 0 Å². The molecule has 4 heteroatoms. The largest absolute Gasteiger partial charge is 0.381 e. The second-order valence-corrected chi connectivity index (χ2v) is 5.33. The average Bonchev–Trinajstić information content (AvgIpc) is 2.49. The average molecular weight is 295 g/mol. The van der Waals surface area contributed by atoms with E-state index in [9.17, 15) is 4.79 Å². The molecule has 1 aromatic carbocycles. The molecule has 0 aliphatic rings. The van der Waals surface area contributed by atoms with Gasteiger partial charge < -0.3 is 10.6 Å². The summed E-state index contributed by atoms with van der Waals surface area (Å²) in [6, 6.07) is 7.66. The highest BCUT2D eigenvalue weighted by atomic mass is 16.1. The zero-order valence-electron chi connectivity index (χ0n) is 13.2. The molecule has 0 fully saturated rings. The van der Waals surface area contributed by atoms with E-state index in [4.69, 9.17) is 0 Å². The van der Waals surface area contributed by atoms with E-state index in [1.54, 1.807) is 18.3 Å². The molecule has 1 aromatic heterocycles. The molecule has 114 valence electrons. The van der Waals surface area contributed by atoms with Gasteiger partial charge in [-0.1, -0.05) is 23.8 Å². The highest BCUT2D eigenvalue weighted by molar-refractivity contribution is 6.04. The van der Waals surface area contributed by atoms with Crippen LogP contribution in [0.15, 0.2) is 43.1 Å². The van der Waals surface area contributed by atoms with E-state index in [0.717, 1.165) is 22.5 Å². The smallest absolute Gasteiger partial charge is 0.274 e. The molecule has 2 aromatic rings. The third-order valence-corrected chi connectivity index (χ3v) is 3.36. The molecular weight excluding hydrogens is 274 g/mol. The summed E-state index contributed by atoms with van der Waals surface area (Å²) in [5, 5.41) is 6.10. The van der Waals surface area contributed by atoms with Crippen molar-refractivity contribution in [1.29, 1.82) is 0 Å². The minimum absolute atomic E-state index is 0.211. The van der Waals surface area contributed by atoms with Crippen LogP contribution in [0.1, 0.15) is 27.2 Å². The number of pyridine rings is 1. The predicted molar refractivity (Wildman–Crippen MR) is 91.5 cm³/mol. The summed E-state index contributed by atoms with van der Waals surface area (Å²) in [6.07, 6.45) is 3.38. The summed E-state index contributed by atoms with van der Waals surface area (Å²) in [7, 11) is 0. The number of carbonyl (C=O) groups excluding carboxylic acids is 1. The zero-order chi connectivity index (χ0) is 16.1. The Balaban J connectivity index is 2.21. The fourth-order valence-corrected chi connectivity index (χ4v) is 2.41. The number of aryl methyl sites for hydroxylation is 3. The molecule has 0 aliphatic carbocycles. The van der Waals surface area contributed by atoms with Gasteiger partial charge in [-0.05, 0) is 44.0 Å². The molecule has 0 saturated carbocycles. The fraction of sp³-hybridized carbons (Fsp3) is 0.222. The fourth-order valence-electron chi connectivity index (χ4n) is 2.41. The molecule has 0 radical (unpaired) electrons. The van der Waals surface area contributed by atoms with Crippen molar-refractivity contribution in [2.45, 2.75) is 20.8 Å². The Morgan fingerprint density at radius 2 is 1.91 bits per heavy atom. The first kappa shape index (κ1) is 15.8. The zero-order valence-corrected chi connectivity index (χ0v) is 13.2. The maximum Gasteiger partial charge on any atom is 0.274 e. The Morgan fingerprint density at radius 1 is 1.23 bits per heavy atom. The molecule has 1 amide bonds. The highest BCUT2D eigenvalue weighted by Gasteiger charge is 2.12. The van der Waals surface area contributed by atoms with E-state index >= 15 is 0 Å². The van der Waals surface area contributed by atoms with Gasteiger partial charge in [-0.25, -0.2) is 0 Å². The van der Waals surface area contributed by atoms with Crippen LogP contribution in [-0.2, 0) is 0 Å². The Hall–Kier alpha value is -2.62. The molecule has 2 N–H and O–H groups in total. The lowest BCUT2D eigenvalue weighted by atomic mass is 10.0. The molecule has 4 nitrogen and oxygen atoms in total. The lowest BCUT2D eigenvalue weighted by molar-refractivity contribution is 0.102. The number of benzene rings is 1. The molecule has 1 heterocycles. The van der Waals surface area contributed by atoms with E-state index in [1.807, 2.05) is 26.8 Å².